The largest absolute Gasteiger partial charge is 0.399 e. The molecule has 1 aromatic carbocycles. The van der Waals surface area contributed by atoms with Gasteiger partial charge in [0.25, 0.3) is 5.91 Å². The predicted molar refractivity (Wildman–Crippen MR) is 75.8 cm³/mol. The summed E-state index contributed by atoms with van der Waals surface area (Å²) >= 11 is 0. The highest BCUT2D eigenvalue weighted by Gasteiger charge is 2.27. The van der Waals surface area contributed by atoms with E-state index < -0.39 is 5.41 Å². The van der Waals surface area contributed by atoms with Crippen molar-refractivity contribution < 1.29 is 9.59 Å². The Morgan fingerprint density at radius 3 is 2.53 bits per heavy atom. The second kappa shape index (κ2) is 5.73. The zero-order valence-electron chi connectivity index (χ0n) is 11.8. The number of nitrogen functional groups attached to an aromatic ring is 1. The van der Waals surface area contributed by atoms with Crippen LogP contribution in [0, 0.1) is 12.3 Å². The molecule has 2 amide bonds. The number of hydrogen-bond donors (Lipinski definition) is 3. The van der Waals surface area contributed by atoms with Gasteiger partial charge in [-0.05, 0) is 38.5 Å². The second-order valence-electron chi connectivity index (χ2n) is 5.22. The number of aryl methyl sites for hydroxylation is 1. The number of hydrogen-bond acceptors (Lipinski definition) is 3. The van der Waals surface area contributed by atoms with Crippen molar-refractivity contribution in [2.45, 2.75) is 20.8 Å². The van der Waals surface area contributed by atoms with E-state index in [-0.39, 0.29) is 18.4 Å². The summed E-state index contributed by atoms with van der Waals surface area (Å²) < 4.78 is 0. The van der Waals surface area contributed by atoms with E-state index in [4.69, 9.17) is 5.73 Å². The standard InChI is InChI=1S/C14H21N3O2/c1-9-5-6-10(15)7-11(9)12(18)17-8-14(2,3)13(19)16-4/h5-7H,8,15H2,1-4H3,(H,16,19)(H,17,18). The first-order valence-corrected chi connectivity index (χ1v) is 6.14. The van der Waals surface area contributed by atoms with Gasteiger partial charge in [-0.25, -0.2) is 0 Å². The Balaban J connectivity index is 2.76. The number of benzene rings is 1. The Morgan fingerprint density at radius 1 is 1.32 bits per heavy atom. The van der Waals surface area contributed by atoms with Gasteiger partial charge in [-0.2, -0.15) is 0 Å². The van der Waals surface area contributed by atoms with Gasteiger partial charge in [0, 0.05) is 24.8 Å². The molecule has 5 nitrogen and oxygen atoms in total. The highest BCUT2D eigenvalue weighted by atomic mass is 16.2. The van der Waals surface area contributed by atoms with Crippen molar-refractivity contribution in [3.8, 4) is 0 Å². The molecule has 0 atom stereocenters. The molecule has 0 radical (unpaired) electrons. The summed E-state index contributed by atoms with van der Waals surface area (Å²) in [5.41, 5.74) is 6.95. The van der Waals surface area contributed by atoms with E-state index in [9.17, 15) is 9.59 Å². The minimum atomic E-state index is -0.654. The third-order valence-corrected chi connectivity index (χ3v) is 3.04. The SMILES string of the molecule is CNC(=O)C(C)(C)CNC(=O)c1cc(N)ccc1C. The summed E-state index contributed by atoms with van der Waals surface area (Å²) in [4.78, 5) is 23.7. The number of anilines is 1. The second-order valence-corrected chi connectivity index (χ2v) is 5.22. The molecule has 0 saturated heterocycles. The molecule has 0 saturated carbocycles. The van der Waals surface area contributed by atoms with Crippen LogP contribution >= 0.6 is 0 Å². The van der Waals surface area contributed by atoms with Gasteiger partial charge in [-0.1, -0.05) is 6.07 Å². The lowest BCUT2D eigenvalue weighted by molar-refractivity contribution is -0.128. The highest BCUT2D eigenvalue weighted by molar-refractivity contribution is 5.96. The third-order valence-electron chi connectivity index (χ3n) is 3.04. The fraction of sp³-hybridized carbons (Fsp3) is 0.429. The van der Waals surface area contributed by atoms with E-state index in [0.29, 0.717) is 11.3 Å². The first-order valence-electron chi connectivity index (χ1n) is 6.14. The van der Waals surface area contributed by atoms with Crippen LogP contribution in [0.4, 0.5) is 5.69 Å². The molecular weight excluding hydrogens is 242 g/mol. The molecule has 104 valence electrons. The molecule has 0 unspecified atom stereocenters. The average molecular weight is 263 g/mol. The van der Waals surface area contributed by atoms with Gasteiger partial charge in [0.15, 0.2) is 0 Å². The molecule has 5 heteroatoms. The molecule has 0 heterocycles. The van der Waals surface area contributed by atoms with Crippen molar-refractivity contribution in [1.29, 1.82) is 0 Å². The van der Waals surface area contributed by atoms with Gasteiger partial charge in [-0.3, -0.25) is 9.59 Å². The van der Waals surface area contributed by atoms with E-state index in [1.165, 1.54) is 0 Å². The molecular formula is C14H21N3O2. The maximum atomic E-state index is 12.1. The predicted octanol–water partition coefficient (Wildman–Crippen LogP) is 1.08. The summed E-state index contributed by atoms with van der Waals surface area (Å²) in [6.45, 7) is 5.66. The Hall–Kier alpha value is -2.04. The van der Waals surface area contributed by atoms with E-state index in [0.717, 1.165) is 5.56 Å². The maximum absolute atomic E-state index is 12.1. The van der Waals surface area contributed by atoms with Crippen LogP contribution in [0.5, 0.6) is 0 Å². The lowest BCUT2D eigenvalue weighted by Gasteiger charge is -2.23. The van der Waals surface area contributed by atoms with E-state index in [2.05, 4.69) is 10.6 Å². The molecule has 0 aliphatic heterocycles. The van der Waals surface area contributed by atoms with Crippen LogP contribution in [-0.4, -0.2) is 25.4 Å². The Kier molecular flexibility index (Phi) is 4.53. The molecule has 0 aromatic heterocycles. The number of nitrogens with one attached hydrogen (secondary N) is 2. The lowest BCUT2D eigenvalue weighted by Crippen LogP contribution is -2.43. The highest BCUT2D eigenvalue weighted by Crippen LogP contribution is 2.15. The van der Waals surface area contributed by atoms with Gasteiger partial charge in [0.1, 0.15) is 0 Å². The van der Waals surface area contributed by atoms with Crippen molar-refractivity contribution >= 4 is 17.5 Å². The van der Waals surface area contributed by atoms with Gasteiger partial charge >= 0.3 is 0 Å². The van der Waals surface area contributed by atoms with Crippen molar-refractivity contribution in [1.82, 2.24) is 10.6 Å². The Morgan fingerprint density at radius 2 is 1.95 bits per heavy atom. The van der Waals surface area contributed by atoms with Crippen molar-refractivity contribution in [2.24, 2.45) is 5.41 Å². The maximum Gasteiger partial charge on any atom is 0.251 e. The molecule has 1 aromatic rings. The number of carbonyl (C=O) groups is 2. The average Bonchev–Trinajstić information content (AvgIpc) is 2.37. The quantitative estimate of drug-likeness (QED) is 0.711. The Bertz CT molecular complexity index is 495. The zero-order valence-corrected chi connectivity index (χ0v) is 11.8. The summed E-state index contributed by atoms with van der Waals surface area (Å²) in [6.07, 6.45) is 0. The third kappa shape index (κ3) is 3.71. The summed E-state index contributed by atoms with van der Waals surface area (Å²) in [5.74, 6) is -0.334. The summed E-state index contributed by atoms with van der Waals surface area (Å²) in [6, 6.07) is 5.19. The lowest BCUT2D eigenvalue weighted by atomic mass is 9.92. The minimum absolute atomic E-state index is 0.114. The van der Waals surface area contributed by atoms with Gasteiger partial charge in [-0.15, -0.1) is 0 Å². The monoisotopic (exact) mass is 263 g/mol. The van der Waals surface area contributed by atoms with E-state index in [1.807, 2.05) is 6.92 Å². The molecule has 0 aliphatic rings. The Labute approximate surface area is 113 Å². The normalized spacial score (nSPS) is 10.9. The number of nitrogens with two attached hydrogens (primary N) is 1. The van der Waals surface area contributed by atoms with Gasteiger partial charge < -0.3 is 16.4 Å². The number of carbonyl (C=O) groups excluding carboxylic acids is 2. The fourth-order valence-electron chi connectivity index (χ4n) is 1.70. The van der Waals surface area contributed by atoms with Crippen LogP contribution in [0.25, 0.3) is 0 Å². The van der Waals surface area contributed by atoms with Crippen LogP contribution in [0.15, 0.2) is 18.2 Å². The van der Waals surface area contributed by atoms with Crippen molar-refractivity contribution in [3.63, 3.8) is 0 Å². The molecule has 0 spiro atoms. The van der Waals surface area contributed by atoms with E-state index >= 15 is 0 Å². The topological polar surface area (TPSA) is 84.2 Å². The zero-order chi connectivity index (χ0) is 14.6. The molecule has 0 fully saturated rings. The van der Waals surface area contributed by atoms with E-state index in [1.54, 1.807) is 39.1 Å². The van der Waals surface area contributed by atoms with Crippen molar-refractivity contribution in [3.05, 3.63) is 29.3 Å². The van der Waals surface area contributed by atoms with Crippen LogP contribution in [-0.2, 0) is 4.79 Å². The smallest absolute Gasteiger partial charge is 0.251 e. The minimum Gasteiger partial charge on any atom is -0.399 e. The molecule has 0 aliphatic carbocycles. The summed E-state index contributed by atoms with van der Waals surface area (Å²) in [5, 5.41) is 5.35. The first-order chi connectivity index (χ1) is 8.77. The van der Waals surface area contributed by atoms with Gasteiger partial charge in [0.2, 0.25) is 5.91 Å². The fourth-order valence-corrected chi connectivity index (χ4v) is 1.70. The van der Waals surface area contributed by atoms with Crippen LogP contribution in [0.2, 0.25) is 0 Å². The number of amides is 2. The molecule has 0 bridgehead atoms. The molecule has 19 heavy (non-hydrogen) atoms. The van der Waals surface area contributed by atoms with Crippen molar-refractivity contribution in [2.75, 3.05) is 19.3 Å². The van der Waals surface area contributed by atoms with Crippen LogP contribution < -0.4 is 16.4 Å². The summed E-state index contributed by atoms with van der Waals surface area (Å²) in [7, 11) is 1.58. The number of rotatable bonds is 4. The van der Waals surface area contributed by atoms with Crippen LogP contribution in [0.3, 0.4) is 0 Å². The van der Waals surface area contributed by atoms with Gasteiger partial charge in [0.05, 0.1) is 5.41 Å². The first kappa shape index (κ1) is 15.0. The molecule has 1 rings (SSSR count). The van der Waals surface area contributed by atoms with Crippen LogP contribution in [0.1, 0.15) is 29.8 Å². The molecule has 4 N–H and O–H groups in total.